The molecule has 0 aromatic carbocycles. The monoisotopic (exact) mass is 256 g/mol. The number of carbonyl (C=O) groups is 2. The van der Waals surface area contributed by atoms with Gasteiger partial charge in [-0.25, -0.2) is 0 Å². The Morgan fingerprint density at radius 1 is 1.39 bits per heavy atom. The highest BCUT2D eigenvalue weighted by molar-refractivity contribution is 5.79. The molecule has 0 aromatic rings. The Balaban J connectivity index is 2.74. The lowest BCUT2D eigenvalue weighted by Crippen LogP contribution is -2.43. The van der Waals surface area contributed by atoms with E-state index in [4.69, 9.17) is 9.47 Å². The van der Waals surface area contributed by atoms with Gasteiger partial charge in [0.05, 0.1) is 11.8 Å². The smallest absolute Gasteiger partial charge is 0.312 e. The van der Waals surface area contributed by atoms with E-state index in [9.17, 15) is 9.59 Å². The summed E-state index contributed by atoms with van der Waals surface area (Å²) in [5, 5.41) is 0. The molecule has 1 aliphatic heterocycles. The van der Waals surface area contributed by atoms with Gasteiger partial charge in [0.15, 0.2) is 0 Å². The van der Waals surface area contributed by atoms with Crippen molar-refractivity contribution in [1.82, 2.24) is 0 Å². The second kappa shape index (κ2) is 5.29. The van der Waals surface area contributed by atoms with E-state index in [0.29, 0.717) is 0 Å². The minimum absolute atomic E-state index is 0.177. The summed E-state index contributed by atoms with van der Waals surface area (Å²) in [5.41, 5.74) is -0.711. The maximum Gasteiger partial charge on any atom is 0.312 e. The van der Waals surface area contributed by atoms with Crippen LogP contribution in [0.5, 0.6) is 0 Å². The highest BCUT2D eigenvalue weighted by atomic mass is 16.6. The van der Waals surface area contributed by atoms with Gasteiger partial charge < -0.3 is 9.47 Å². The van der Waals surface area contributed by atoms with E-state index < -0.39 is 11.5 Å². The van der Waals surface area contributed by atoms with Crippen LogP contribution < -0.4 is 0 Å². The lowest BCUT2D eigenvalue weighted by molar-refractivity contribution is -0.168. The van der Waals surface area contributed by atoms with Crippen LogP contribution in [0.1, 0.15) is 53.9 Å². The van der Waals surface area contributed by atoms with Crippen LogP contribution in [0.2, 0.25) is 0 Å². The van der Waals surface area contributed by atoms with Crippen LogP contribution in [0, 0.1) is 10.8 Å². The molecule has 0 saturated carbocycles. The predicted molar refractivity (Wildman–Crippen MR) is 67.9 cm³/mol. The molecule has 0 spiro atoms. The van der Waals surface area contributed by atoms with Crippen molar-refractivity contribution < 1.29 is 19.1 Å². The van der Waals surface area contributed by atoms with Crippen molar-refractivity contribution in [2.24, 2.45) is 10.8 Å². The predicted octanol–water partition coefficient (Wildman–Crippen LogP) is 2.70. The quantitative estimate of drug-likeness (QED) is 0.726. The topological polar surface area (TPSA) is 52.6 Å². The Morgan fingerprint density at radius 3 is 2.39 bits per heavy atom. The zero-order valence-electron chi connectivity index (χ0n) is 12.0. The molecule has 0 aliphatic carbocycles. The third-order valence-electron chi connectivity index (χ3n) is 3.95. The van der Waals surface area contributed by atoms with Crippen molar-refractivity contribution in [3.8, 4) is 0 Å². The summed E-state index contributed by atoms with van der Waals surface area (Å²) in [6.07, 6.45) is 1.46. The Kier molecular flexibility index (Phi) is 4.41. The highest BCUT2D eigenvalue weighted by Gasteiger charge is 2.46. The third-order valence-corrected chi connectivity index (χ3v) is 3.95. The van der Waals surface area contributed by atoms with Gasteiger partial charge in [0.2, 0.25) is 0 Å². The van der Waals surface area contributed by atoms with E-state index in [2.05, 4.69) is 6.92 Å². The van der Waals surface area contributed by atoms with E-state index in [1.165, 1.54) is 0 Å². The SMILES string of the molecule is CCCC(C)(C(=O)OC1COC(=O)C1)C(C)(C)C. The lowest BCUT2D eigenvalue weighted by Gasteiger charge is -2.40. The first kappa shape index (κ1) is 15.0. The molecular formula is C14H24O4. The number of rotatable bonds is 4. The van der Waals surface area contributed by atoms with E-state index >= 15 is 0 Å². The molecule has 1 saturated heterocycles. The molecule has 1 fully saturated rings. The summed E-state index contributed by atoms with van der Waals surface area (Å²) in [6.45, 7) is 10.3. The van der Waals surface area contributed by atoms with E-state index in [0.717, 1.165) is 12.8 Å². The molecule has 4 nitrogen and oxygen atoms in total. The number of hydrogen-bond acceptors (Lipinski definition) is 4. The number of cyclic esters (lactones) is 1. The van der Waals surface area contributed by atoms with Gasteiger partial charge >= 0.3 is 11.9 Å². The first-order valence-electron chi connectivity index (χ1n) is 6.57. The van der Waals surface area contributed by atoms with Gasteiger partial charge in [0, 0.05) is 0 Å². The Bertz CT molecular complexity index is 329. The molecule has 18 heavy (non-hydrogen) atoms. The van der Waals surface area contributed by atoms with Gasteiger partial charge in [0.1, 0.15) is 12.7 Å². The molecule has 0 bridgehead atoms. The molecule has 0 amide bonds. The maximum absolute atomic E-state index is 12.4. The van der Waals surface area contributed by atoms with E-state index in [1.807, 2.05) is 27.7 Å². The van der Waals surface area contributed by atoms with Crippen molar-refractivity contribution in [1.29, 1.82) is 0 Å². The van der Waals surface area contributed by atoms with Gasteiger partial charge in [-0.1, -0.05) is 34.1 Å². The van der Waals surface area contributed by atoms with Crippen molar-refractivity contribution in [2.75, 3.05) is 6.61 Å². The minimum Gasteiger partial charge on any atom is -0.462 e. The van der Waals surface area contributed by atoms with Gasteiger partial charge in [-0.05, 0) is 18.8 Å². The molecule has 2 unspecified atom stereocenters. The molecule has 1 aliphatic rings. The fourth-order valence-electron chi connectivity index (χ4n) is 2.13. The molecule has 1 rings (SSSR count). The van der Waals surface area contributed by atoms with Gasteiger partial charge in [-0.3, -0.25) is 9.59 Å². The molecule has 2 atom stereocenters. The average Bonchev–Trinajstić information content (AvgIpc) is 2.62. The van der Waals surface area contributed by atoms with Crippen LogP contribution in [0.25, 0.3) is 0 Å². The molecule has 0 N–H and O–H groups in total. The molecule has 104 valence electrons. The fourth-order valence-corrected chi connectivity index (χ4v) is 2.13. The second-order valence-electron chi connectivity index (χ2n) is 6.25. The number of ether oxygens (including phenoxy) is 2. The third kappa shape index (κ3) is 3.03. The summed E-state index contributed by atoms with van der Waals surface area (Å²) in [6, 6.07) is 0. The maximum atomic E-state index is 12.4. The van der Waals surface area contributed by atoms with Crippen LogP contribution in [0.3, 0.4) is 0 Å². The standard InChI is InChI=1S/C14H24O4/c1-6-7-14(5,13(2,3)4)12(16)18-10-8-11(15)17-9-10/h10H,6-9H2,1-5H3. The second-order valence-corrected chi connectivity index (χ2v) is 6.25. The average molecular weight is 256 g/mol. The van der Waals surface area contributed by atoms with Gasteiger partial charge in [0.25, 0.3) is 0 Å². The summed E-state index contributed by atoms with van der Waals surface area (Å²) in [4.78, 5) is 23.4. The largest absolute Gasteiger partial charge is 0.462 e. The summed E-state index contributed by atoms with van der Waals surface area (Å²) in [7, 11) is 0. The summed E-state index contributed by atoms with van der Waals surface area (Å²) >= 11 is 0. The van der Waals surface area contributed by atoms with Crippen LogP contribution in [-0.2, 0) is 19.1 Å². The Hall–Kier alpha value is -1.06. The first-order chi connectivity index (χ1) is 8.20. The summed E-state index contributed by atoms with van der Waals surface area (Å²) < 4.78 is 10.2. The van der Waals surface area contributed by atoms with Crippen molar-refractivity contribution in [2.45, 2.75) is 60.0 Å². The van der Waals surface area contributed by atoms with Crippen LogP contribution >= 0.6 is 0 Å². The van der Waals surface area contributed by atoms with Gasteiger partial charge in [-0.15, -0.1) is 0 Å². The molecule has 0 radical (unpaired) electrons. The van der Waals surface area contributed by atoms with Crippen LogP contribution in [-0.4, -0.2) is 24.6 Å². The van der Waals surface area contributed by atoms with Crippen molar-refractivity contribution in [3.05, 3.63) is 0 Å². The first-order valence-corrected chi connectivity index (χ1v) is 6.57. The minimum atomic E-state index is -0.534. The number of esters is 2. The highest BCUT2D eigenvalue weighted by Crippen LogP contribution is 2.43. The molecule has 1 heterocycles. The normalized spacial score (nSPS) is 23.4. The van der Waals surface area contributed by atoms with Crippen molar-refractivity contribution >= 4 is 11.9 Å². The Morgan fingerprint density at radius 2 is 2.00 bits per heavy atom. The molecule has 4 heteroatoms. The van der Waals surface area contributed by atoms with E-state index in [1.54, 1.807) is 0 Å². The zero-order chi connectivity index (χ0) is 14.0. The van der Waals surface area contributed by atoms with Crippen molar-refractivity contribution in [3.63, 3.8) is 0 Å². The lowest BCUT2D eigenvalue weighted by atomic mass is 9.65. The Labute approximate surface area is 109 Å². The van der Waals surface area contributed by atoms with E-state index in [-0.39, 0.29) is 30.4 Å². The number of carbonyl (C=O) groups excluding carboxylic acids is 2. The van der Waals surface area contributed by atoms with Crippen LogP contribution in [0.15, 0.2) is 0 Å². The van der Waals surface area contributed by atoms with Gasteiger partial charge in [-0.2, -0.15) is 0 Å². The molecule has 0 aromatic heterocycles. The van der Waals surface area contributed by atoms with Crippen LogP contribution in [0.4, 0.5) is 0 Å². The molecular weight excluding hydrogens is 232 g/mol. The summed E-state index contributed by atoms with van der Waals surface area (Å²) in [5.74, 6) is -0.513. The fraction of sp³-hybridized carbons (Fsp3) is 0.857. The number of hydrogen-bond donors (Lipinski definition) is 0. The zero-order valence-corrected chi connectivity index (χ0v) is 12.0.